The maximum Gasteiger partial charge on any atom is 0.330 e. The first-order valence-corrected chi connectivity index (χ1v) is 14.5. The lowest BCUT2D eigenvalue weighted by molar-refractivity contribution is -0.384. The summed E-state index contributed by atoms with van der Waals surface area (Å²) in [6.45, 7) is 7.32. The Bertz CT molecular complexity index is 1740. The molecule has 4 aromatic rings. The Morgan fingerprint density at radius 1 is 1.15 bits per heavy atom. The topological polar surface area (TPSA) is 139 Å². The summed E-state index contributed by atoms with van der Waals surface area (Å²) in [7, 11) is 1.11. The van der Waals surface area contributed by atoms with E-state index in [2.05, 4.69) is 34.0 Å². The van der Waals surface area contributed by atoms with Crippen LogP contribution in [0, 0.1) is 10.1 Å². The second-order valence-electron chi connectivity index (χ2n) is 9.62. The zero-order valence-electron chi connectivity index (χ0n) is 23.5. The van der Waals surface area contributed by atoms with Crippen molar-refractivity contribution in [2.45, 2.75) is 13.8 Å². The monoisotopic (exact) mass is 580 g/mol. The zero-order valence-corrected chi connectivity index (χ0v) is 24.3. The Morgan fingerprint density at radius 3 is 2.59 bits per heavy atom. The summed E-state index contributed by atoms with van der Waals surface area (Å²) in [5.74, 6) is 0.561. The molecule has 0 radical (unpaired) electrons. The van der Waals surface area contributed by atoms with Crippen molar-refractivity contribution in [2.75, 3.05) is 61.9 Å². The van der Waals surface area contributed by atoms with Gasteiger partial charge in [-0.05, 0) is 25.2 Å². The molecule has 3 heterocycles. The van der Waals surface area contributed by atoms with Crippen LogP contribution in [-0.2, 0) is 10.2 Å². The van der Waals surface area contributed by atoms with Gasteiger partial charge in [-0.1, -0.05) is 26.0 Å². The molecule has 1 N–H and O–H groups in total. The minimum Gasteiger partial charge on any atom is -0.494 e. The molecule has 41 heavy (non-hydrogen) atoms. The third kappa shape index (κ3) is 4.89. The summed E-state index contributed by atoms with van der Waals surface area (Å²) < 4.78 is 33.9. The largest absolute Gasteiger partial charge is 0.494 e. The number of para-hydroxylation sites is 1. The Hall–Kier alpha value is -4.43. The van der Waals surface area contributed by atoms with Gasteiger partial charge in [-0.2, -0.15) is 8.42 Å². The lowest BCUT2D eigenvalue weighted by Gasteiger charge is -2.25. The fourth-order valence-corrected chi connectivity index (χ4v) is 6.37. The number of ether oxygens (including phenoxy) is 1. The van der Waals surface area contributed by atoms with Crippen LogP contribution in [-0.4, -0.2) is 79.6 Å². The molecule has 216 valence electrons. The number of hydrogen-bond acceptors (Lipinski definition) is 10. The number of benzene rings is 2. The summed E-state index contributed by atoms with van der Waals surface area (Å²) in [5.41, 5.74) is 2.95. The van der Waals surface area contributed by atoms with Gasteiger partial charge in [0.2, 0.25) is 5.95 Å². The average Bonchev–Trinajstić information content (AvgIpc) is 3.46. The average molecular weight is 581 g/mol. The van der Waals surface area contributed by atoms with Gasteiger partial charge in [0.25, 0.3) is 5.69 Å². The standard InChI is InChI=1S/C27H32N8O5S/c1-6-33(7-2)14-13-31(3)23-16-25(40-5)21(15-24(23)35(36)37)30-27-28-12-11-20(29-27)19-17-34-26-18(19)9-8-10-22(26)32(4)41(34,38)39/h8-12,15-17H,6-7,13-14H2,1-5H3,(H,28,29,30). The van der Waals surface area contributed by atoms with Gasteiger partial charge in [0.15, 0.2) is 0 Å². The number of hydrogen-bond donors (Lipinski definition) is 1. The molecule has 0 unspecified atom stereocenters. The maximum atomic E-state index is 12.9. The number of nitrogens with one attached hydrogen (secondary N) is 1. The Morgan fingerprint density at radius 2 is 1.90 bits per heavy atom. The van der Waals surface area contributed by atoms with Crippen molar-refractivity contribution in [3.63, 3.8) is 0 Å². The quantitative estimate of drug-likeness (QED) is 0.204. The predicted octanol–water partition coefficient (Wildman–Crippen LogP) is 4.08. The lowest BCUT2D eigenvalue weighted by Crippen LogP contribution is -2.33. The Kier molecular flexibility index (Phi) is 7.44. The van der Waals surface area contributed by atoms with Gasteiger partial charge in [0.05, 0.1) is 34.6 Å². The summed E-state index contributed by atoms with van der Waals surface area (Å²) in [5, 5.41) is 15.9. The van der Waals surface area contributed by atoms with Crippen LogP contribution in [0.4, 0.5) is 28.7 Å². The second-order valence-corrected chi connectivity index (χ2v) is 11.5. The van der Waals surface area contributed by atoms with Crippen molar-refractivity contribution in [1.29, 1.82) is 0 Å². The highest BCUT2D eigenvalue weighted by molar-refractivity contribution is 7.91. The van der Waals surface area contributed by atoms with Crippen LogP contribution in [0.25, 0.3) is 22.2 Å². The van der Waals surface area contributed by atoms with Gasteiger partial charge in [0, 0.05) is 62.7 Å². The highest BCUT2D eigenvalue weighted by atomic mass is 32.2. The van der Waals surface area contributed by atoms with Crippen molar-refractivity contribution in [3.05, 3.63) is 58.9 Å². The minimum absolute atomic E-state index is 0.0847. The van der Waals surface area contributed by atoms with E-state index < -0.39 is 15.1 Å². The molecular weight excluding hydrogens is 548 g/mol. The van der Waals surface area contributed by atoms with E-state index in [1.54, 1.807) is 36.7 Å². The first-order valence-electron chi connectivity index (χ1n) is 13.1. The minimum atomic E-state index is -3.72. The second kappa shape index (κ2) is 10.9. The maximum absolute atomic E-state index is 12.9. The zero-order chi connectivity index (χ0) is 29.5. The Balaban J connectivity index is 1.49. The number of aromatic nitrogens is 3. The molecule has 5 rings (SSSR count). The van der Waals surface area contributed by atoms with Crippen LogP contribution in [0.5, 0.6) is 5.75 Å². The molecular formula is C27H32N8O5S. The normalized spacial score (nSPS) is 13.7. The van der Waals surface area contributed by atoms with E-state index in [0.29, 0.717) is 46.1 Å². The molecule has 14 heteroatoms. The van der Waals surface area contributed by atoms with Gasteiger partial charge < -0.3 is 19.9 Å². The van der Waals surface area contributed by atoms with Crippen molar-refractivity contribution in [1.82, 2.24) is 18.8 Å². The van der Waals surface area contributed by atoms with Crippen molar-refractivity contribution in [3.8, 4) is 17.0 Å². The fourth-order valence-electron chi connectivity index (χ4n) is 5.05. The number of methoxy groups -OCH3 is 1. The van der Waals surface area contributed by atoms with Crippen LogP contribution < -0.4 is 19.3 Å². The van der Waals surface area contributed by atoms with E-state index in [9.17, 15) is 18.5 Å². The van der Waals surface area contributed by atoms with E-state index in [0.717, 1.165) is 25.0 Å². The van der Waals surface area contributed by atoms with E-state index in [1.807, 2.05) is 18.0 Å². The van der Waals surface area contributed by atoms with Gasteiger partial charge >= 0.3 is 10.2 Å². The van der Waals surface area contributed by atoms with Crippen molar-refractivity contribution < 1.29 is 18.1 Å². The SMILES string of the molecule is CCN(CC)CCN(C)c1cc(OC)c(Nc2nccc(-c3cn4c5c(cccc35)N(C)S4(=O)=O)n2)cc1[N+](=O)[O-]. The number of rotatable bonds is 11. The summed E-state index contributed by atoms with van der Waals surface area (Å²) >= 11 is 0. The number of nitro benzene ring substituents is 1. The highest BCUT2D eigenvalue weighted by Gasteiger charge is 2.34. The fraction of sp³-hybridized carbons (Fsp3) is 0.333. The first kappa shape index (κ1) is 28.1. The van der Waals surface area contributed by atoms with Crippen LogP contribution in [0.3, 0.4) is 0 Å². The smallest absolute Gasteiger partial charge is 0.330 e. The number of nitrogens with zero attached hydrogens (tertiary/aromatic N) is 7. The molecule has 1 aliphatic rings. The third-order valence-corrected chi connectivity index (χ3v) is 9.11. The first-order chi connectivity index (χ1) is 19.6. The van der Waals surface area contributed by atoms with Crippen LogP contribution in [0.1, 0.15) is 13.8 Å². The summed E-state index contributed by atoms with van der Waals surface area (Å²) in [4.78, 5) is 24.6. The Labute approximate surface area is 238 Å². The summed E-state index contributed by atoms with van der Waals surface area (Å²) in [6.07, 6.45) is 3.09. The van der Waals surface area contributed by atoms with Gasteiger partial charge in [-0.15, -0.1) is 0 Å². The van der Waals surface area contributed by atoms with Crippen LogP contribution in [0.2, 0.25) is 0 Å². The van der Waals surface area contributed by atoms with Crippen molar-refractivity contribution >= 4 is 49.8 Å². The lowest BCUT2D eigenvalue weighted by atomic mass is 10.1. The van der Waals surface area contributed by atoms with E-state index in [1.165, 1.54) is 28.5 Å². The van der Waals surface area contributed by atoms with Crippen molar-refractivity contribution in [2.24, 2.45) is 0 Å². The predicted molar refractivity (Wildman–Crippen MR) is 160 cm³/mol. The molecule has 0 saturated heterocycles. The number of anilines is 4. The number of nitro groups is 1. The molecule has 13 nitrogen and oxygen atoms in total. The van der Waals surface area contributed by atoms with Gasteiger partial charge in [-0.25, -0.2) is 13.9 Å². The number of likely N-dealkylation sites (N-methyl/N-ethyl adjacent to an activating group) is 2. The molecule has 0 saturated carbocycles. The molecule has 0 spiro atoms. The molecule has 1 aliphatic heterocycles. The molecule has 0 aliphatic carbocycles. The van der Waals surface area contributed by atoms with Crippen LogP contribution in [0.15, 0.2) is 48.8 Å². The highest BCUT2D eigenvalue weighted by Crippen LogP contribution is 2.42. The summed E-state index contributed by atoms with van der Waals surface area (Å²) in [6, 6.07) is 10.1. The van der Waals surface area contributed by atoms with Gasteiger partial charge in [-0.3, -0.25) is 14.4 Å². The van der Waals surface area contributed by atoms with Crippen LogP contribution >= 0.6 is 0 Å². The third-order valence-electron chi connectivity index (χ3n) is 7.43. The van der Waals surface area contributed by atoms with E-state index in [-0.39, 0.29) is 11.6 Å². The molecule has 0 bridgehead atoms. The van der Waals surface area contributed by atoms with E-state index >= 15 is 0 Å². The molecule has 2 aromatic heterocycles. The molecule has 0 atom stereocenters. The van der Waals surface area contributed by atoms with Gasteiger partial charge in [0.1, 0.15) is 11.4 Å². The van der Waals surface area contributed by atoms with E-state index in [4.69, 9.17) is 4.74 Å². The molecule has 0 fully saturated rings. The molecule has 2 aromatic carbocycles. The molecule has 0 amide bonds.